The van der Waals surface area contributed by atoms with Gasteiger partial charge < -0.3 is 0 Å². The molecule has 0 aliphatic heterocycles. The molecule has 646 valence electrons. The Kier molecular flexibility index (Phi) is 20.9. The van der Waals surface area contributed by atoms with E-state index in [4.69, 9.17) is 0 Å². The molecule has 0 radical (unpaired) electrons. The van der Waals surface area contributed by atoms with Crippen molar-refractivity contribution in [3.63, 3.8) is 0 Å². The summed E-state index contributed by atoms with van der Waals surface area (Å²) in [4.78, 5) is 6.95. The van der Waals surface area contributed by atoms with Gasteiger partial charge in [0.15, 0.2) is 0 Å². The van der Waals surface area contributed by atoms with Crippen molar-refractivity contribution in [1.29, 1.82) is 0 Å². The van der Waals surface area contributed by atoms with Gasteiger partial charge in [0.2, 0.25) is 0 Å². The molecule has 0 nitrogen and oxygen atoms in total. The van der Waals surface area contributed by atoms with E-state index in [0.717, 1.165) is 0 Å². The third-order valence-corrected chi connectivity index (χ3v) is 33.3. The number of aryl methyl sites for hydroxylation is 2. The molecular formula is C130H108S3. The Labute approximate surface area is 796 Å². The number of hydrogen-bond acceptors (Lipinski definition) is 3. The minimum atomic E-state index is -0.238. The number of benzene rings is 18. The van der Waals surface area contributed by atoms with Gasteiger partial charge in [0.1, 0.15) is 0 Å². The first-order valence-corrected chi connectivity index (χ1v) is 49.6. The lowest BCUT2D eigenvalue weighted by atomic mass is 9.70. The van der Waals surface area contributed by atoms with Gasteiger partial charge in [-0.25, -0.2) is 0 Å². The Hall–Kier alpha value is -13.6. The standard InChI is InChI=1S/C27H24S.C23H18S2.C23H18.3C19H16/c1-26(2,3)19-14-16-20(17-15-19)27(25-13-8-18-28-25)23-11-6-4-9-21(23)22-10-5-7-12-24(22)27;1-15-11-13-21(24-15)23(22-14-12-16(2)25-22)19-9-5-3-7-17(19)18-8-4-6-10-20(18)23;1-23(2)19-13-11-15-7-3-5-9-17(15)21(19)22-18-10-6-4-8-16(18)12-14-20(22)23;1-19(2)17-10-6-5-9-15(17)16-11-13-7-3-4-8-14(13)12-18(16)19;1-19(2)17-10-6-5-9-15(17)16-12-11-13-7-3-4-8-14(13)18(16)19;1-19(2)16-10-6-5-9-15(16)18-14-8-4-3-7-13(14)11-12-17(18)19/h4-18H,1-3H3;3-14H,1-2H3;3-14H,1-2H3;3*3-12H,1-2H3. The van der Waals surface area contributed by atoms with Crippen molar-refractivity contribution in [1.82, 2.24) is 0 Å². The fourth-order valence-corrected chi connectivity index (χ4v) is 26.8. The van der Waals surface area contributed by atoms with Crippen LogP contribution in [0.3, 0.4) is 0 Å². The Morgan fingerprint density at radius 2 is 0.541 bits per heavy atom. The number of fused-ring (bicyclic) bond motifs is 27. The molecule has 0 unspecified atom stereocenters. The first-order valence-electron chi connectivity index (χ1n) is 47.1. The molecule has 21 aromatic rings. The molecule has 3 heteroatoms. The summed E-state index contributed by atoms with van der Waals surface area (Å²) in [6.07, 6.45) is 0. The van der Waals surface area contributed by atoms with E-state index in [0.29, 0.717) is 0 Å². The van der Waals surface area contributed by atoms with Crippen LogP contribution >= 0.6 is 34.0 Å². The van der Waals surface area contributed by atoms with E-state index in [9.17, 15) is 0 Å². The van der Waals surface area contributed by atoms with Crippen LogP contribution < -0.4 is 0 Å². The highest BCUT2D eigenvalue weighted by Crippen LogP contribution is 2.62. The fourth-order valence-electron chi connectivity index (χ4n) is 23.5. The largest absolute Gasteiger partial charge is 0.147 e. The zero-order valence-electron chi connectivity index (χ0n) is 78.1. The summed E-state index contributed by atoms with van der Waals surface area (Å²) in [6, 6.07) is 152. The van der Waals surface area contributed by atoms with Crippen LogP contribution in [-0.4, -0.2) is 0 Å². The normalized spacial score (nSPS) is 14.9. The highest BCUT2D eigenvalue weighted by atomic mass is 32.1. The molecule has 0 saturated heterocycles. The zero-order valence-corrected chi connectivity index (χ0v) is 80.5. The first-order chi connectivity index (χ1) is 64.5. The zero-order chi connectivity index (χ0) is 91.1. The molecule has 3 aromatic heterocycles. The third-order valence-electron chi connectivity index (χ3n) is 30.0. The second kappa shape index (κ2) is 32.7. The fraction of sp³-hybridized carbons (Fsp3) is 0.154. The lowest BCUT2D eigenvalue weighted by molar-refractivity contribution is 0.589. The molecule has 0 saturated carbocycles. The summed E-state index contributed by atoms with van der Waals surface area (Å²) >= 11 is 5.69. The first kappa shape index (κ1) is 84.9. The van der Waals surface area contributed by atoms with Crippen LogP contribution in [-0.2, 0) is 37.9 Å². The van der Waals surface area contributed by atoms with Crippen LogP contribution in [0.4, 0.5) is 0 Å². The van der Waals surface area contributed by atoms with Crippen molar-refractivity contribution in [2.24, 2.45) is 0 Å². The molecule has 0 amide bonds. The molecule has 6 aliphatic rings. The Balaban J connectivity index is 0.0000000936. The maximum absolute atomic E-state index is 2.37. The molecule has 133 heavy (non-hydrogen) atoms. The molecule has 6 aliphatic carbocycles. The van der Waals surface area contributed by atoms with Crippen molar-refractivity contribution in [2.75, 3.05) is 0 Å². The second-order valence-corrected chi connectivity index (χ2v) is 43.5. The van der Waals surface area contributed by atoms with Gasteiger partial charge in [0.25, 0.3) is 0 Å². The predicted molar refractivity (Wildman–Crippen MR) is 573 cm³/mol. The van der Waals surface area contributed by atoms with Gasteiger partial charge in [-0.15, -0.1) is 34.0 Å². The van der Waals surface area contributed by atoms with Crippen molar-refractivity contribution in [3.8, 4) is 66.8 Å². The van der Waals surface area contributed by atoms with Gasteiger partial charge in [-0.05, 0) is 266 Å². The van der Waals surface area contributed by atoms with Crippen LogP contribution in [0.25, 0.3) is 121 Å². The lowest BCUT2D eigenvalue weighted by Crippen LogP contribution is -2.27. The number of hydrogen-bond donors (Lipinski definition) is 0. The average Bonchev–Trinajstić information content (AvgIpc) is 1.54. The Morgan fingerprint density at radius 3 is 0.977 bits per heavy atom. The van der Waals surface area contributed by atoms with Gasteiger partial charge in [0.05, 0.1) is 10.8 Å². The monoisotopic (exact) mass is 1760 g/mol. The quantitative estimate of drug-likeness (QED) is 0.165. The summed E-state index contributed by atoms with van der Waals surface area (Å²) in [5, 5.41) is 15.7. The van der Waals surface area contributed by atoms with Crippen LogP contribution in [0, 0.1) is 13.8 Å². The summed E-state index contributed by atoms with van der Waals surface area (Å²) in [6.45, 7) is 29.9. The van der Waals surface area contributed by atoms with Gasteiger partial charge in [-0.2, -0.15) is 0 Å². The topological polar surface area (TPSA) is 0 Å². The molecule has 27 rings (SSSR count). The Bertz CT molecular complexity index is 7890. The van der Waals surface area contributed by atoms with Crippen LogP contribution in [0.2, 0.25) is 0 Å². The van der Waals surface area contributed by atoms with Gasteiger partial charge in [0, 0.05) is 46.0 Å². The summed E-state index contributed by atoms with van der Waals surface area (Å²) in [5.41, 5.74) is 36.8. The Morgan fingerprint density at radius 1 is 0.211 bits per heavy atom. The van der Waals surface area contributed by atoms with E-state index >= 15 is 0 Å². The maximum atomic E-state index is 2.37. The molecule has 0 spiro atoms. The predicted octanol–water partition coefficient (Wildman–Crippen LogP) is 35.9. The van der Waals surface area contributed by atoms with Gasteiger partial charge >= 0.3 is 0 Å². The van der Waals surface area contributed by atoms with Crippen molar-refractivity contribution >= 4 is 87.9 Å². The van der Waals surface area contributed by atoms with E-state index in [1.807, 2.05) is 34.0 Å². The molecule has 3 heterocycles. The van der Waals surface area contributed by atoms with Gasteiger partial charge in [-0.1, -0.05) is 446 Å². The minimum absolute atomic E-state index is 0.0543. The van der Waals surface area contributed by atoms with Crippen molar-refractivity contribution < 1.29 is 0 Å². The van der Waals surface area contributed by atoms with E-state index in [1.165, 1.54) is 223 Å². The van der Waals surface area contributed by atoms with Crippen LogP contribution in [0.15, 0.2) is 418 Å². The van der Waals surface area contributed by atoms with E-state index in [-0.39, 0.29) is 37.9 Å². The molecule has 18 aromatic carbocycles. The van der Waals surface area contributed by atoms with Crippen LogP contribution in [0.5, 0.6) is 0 Å². The van der Waals surface area contributed by atoms with Crippen LogP contribution in [0.1, 0.15) is 178 Å². The maximum Gasteiger partial charge on any atom is 0.0899 e. The van der Waals surface area contributed by atoms with E-state index < -0.39 is 0 Å². The molecule has 0 N–H and O–H groups in total. The van der Waals surface area contributed by atoms with E-state index in [1.54, 1.807) is 0 Å². The summed E-state index contributed by atoms with van der Waals surface area (Å²) in [5.74, 6) is 0. The SMILES string of the molecule is CC(C)(C)c1ccc(C2(c3cccs3)c3ccccc3-c3ccccc32)cc1.CC1(C)c2ccc3ccccc3c2-c2c1ccc1ccccc21.CC1(C)c2ccccc2-c2c1ccc1ccccc21.CC1(C)c2ccccc2-c2cc3ccccc3cc21.CC1(C)c2ccccc2-c2ccc3ccccc3c21.Cc1ccc(C2(c3ccc(C)s3)c3ccccc3-c3ccccc32)s1. The molecule has 0 atom stereocenters. The minimum Gasteiger partial charge on any atom is -0.147 e. The number of thiophene rings is 3. The summed E-state index contributed by atoms with van der Waals surface area (Å²) < 4.78 is 0. The number of rotatable bonds is 4. The summed E-state index contributed by atoms with van der Waals surface area (Å²) in [7, 11) is 0. The average molecular weight is 1770 g/mol. The van der Waals surface area contributed by atoms with Gasteiger partial charge in [-0.3, -0.25) is 0 Å². The second-order valence-electron chi connectivity index (χ2n) is 40.0. The third kappa shape index (κ3) is 13.6. The smallest absolute Gasteiger partial charge is 0.0899 e. The highest BCUT2D eigenvalue weighted by Gasteiger charge is 2.50. The molecular weight excluding hydrogens is 1660 g/mol. The van der Waals surface area contributed by atoms with Crippen molar-refractivity contribution in [2.45, 2.75) is 128 Å². The lowest BCUT2D eigenvalue weighted by Gasteiger charge is -2.33. The molecule has 0 bridgehead atoms. The van der Waals surface area contributed by atoms with E-state index in [2.05, 4.69) is 508 Å². The molecule has 0 fully saturated rings. The van der Waals surface area contributed by atoms with Crippen molar-refractivity contribution in [3.05, 3.63) is 520 Å². The highest BCUT2D eigenvalue weighted by molar-refractivity contribution is 7.14.